The summed E-state index contributed by atoms with van der Waals surface area (Å²) in [5.41, 5.74) is 7.07. The molecule has 228 valence electrons. The third kappa shape index (κ3) is 6.94. The second-order valence-electron chi connectivity index (χ2n) is 9.34. The normalized spacial score (nSPS) is 11.5. The number of anilines is 1. The number of imidazole rings is 1. The highest BCUT2D eigenvalue weighted by atomic mass is 19.4. The van der Waals surface area contributed by atoms with Crippen LogP contribution in [0.25, 0.3) is 11.0 Å². The minimum Gasteiger partial charge on any atom is -0.494 e. The number of ether oxygens (including phenoxy) is 2. The van der Waals surface area contributed by atoms with Crippen molar-refractivity contribution in [2.75, 3.05) is 32.2 Å². The molecule has 4 aromatic rings. The number of methoxy groups -OCH3 is 1. The molecule has 0 radical (unpaired) electrons. The van der Waals surface area contributed by atoms with Crippen LogP contribution in [0.1, 0.15) is 43.8 Å². The Balaban J connectivity index is 1.56. The summed E-state index contributed by atoms with van der Waals surface area (Å²) >= 11 is 0. The molecule has 0 aliphatic rings. The number of nitrogens with two attached hydrogens (primary N) is 1. The fraction of sp³-hybridized carbons (Fsp3) is 0.321. The average Bonchev–Trinajstić information content (AvgIpc) is 3.53. The van der Waals surface area contributed by atoms with Gasteiger partial charge in [-0.3, -0.25) is 24.4 Å². The molecule has 0 unspecified atom stereocenters. The number of nitrogens with one attached hydrogen (secondary N) is 1. The highest BCUT2D eigenvalue weighted by molar-refractivity contribution is 6.04. The summed E-state index contributed by atoms with van der Waals surface area (Å²) in [5.74, 6) is -2.12. The van der Waals surface area contributed by atoms with Crippen LogP contribution in [0.3, 0.4) is 0 Å². The minimum atomic E-state index is -4.91. The maximum absolute atomic E-state index is 13.6. The quantitative estimate of drug-likeness (QED) is 0.186. The molecule has 2 aromatic carbocycles. The third-order valence-corrected chi connectivity index (χ3v) is 6.46. The Morgan fingerprint density at radius 3 is 2.42 bits per heavy atom. The Kier molecular flexibility index (Phi) is 9.34. The molecule has 4 rings (SSSR count). The van der Waals surface area contributed by atoms with Crippen LogP contribution in [-0.4, -0.2) is 75.1 Å². The van der Waals surface area contributed by atoms with Crippen molar-refractivity contribution >= 4 is 34.7 Å². The summed E-state index contributed by atoms with van der Waals surface area (Å²) in [7, 11) is 1.38. The Labute approximate surface area is 244 Å². The number of aromatic nitrogens is 4. The first-order valence-corrected chi connectivity index (χ1v) is 13.2. The van der Waals surface area contributed by atoms with Crippen LogP contribution < -0.4 is 15.8 Å². The Hall–Kier alpha value is -4.92. The van der Waals surface area contributed by atoms with E-state index in [0.717, 1.165) is 0 Å². The zero-order valence-electron chi connectivity index (χ0n) is 23.6. The summed E-state index contributed by atoms with van der Waals surface area (Å²) in [6.45, 7) is 2.76. The Morgan fingerprint density at radius 2 is 1.79 bits per heavy atom. The molecule has 0 aliphatic carbocycles. The smallest absolute Gasteiger partial charge is 0.487 e. The van der Waals surface area contributed by atoms with Crippen molar-refractivity contribution in [3.05, 3.63) is 71.0 Å². The average molecular weight is 602 g/mol. The van der Waals surface area contributed by atoms with E-state index in [0.29, 0.717) is 17.8 Å². The number of halogens is 3. The van der Waals surface area contributed by atoms with Gasteiger partial charge in [0.05, 0.1) is 38.1 Å². The molecule has 0 spiro atoms. The summed E-state index contributed by atoms with van der Waals surface area (Å²) in [6.07, 6.45) is -4.91. The Bertz CT molecular complexity index is 1630. The Morgan fingerprint density at radius 1 is 1.07 bits per heavy atom. The second kappa shape index (κ2) is 12.9. The van der Waals surface area contributed by atoms with Gasteiger partial charge < -0.3 is 19.8 Å². The molecule has 3 N–H and O–H groups in total. The number of carbonyl (C=O) groups excluding carboxylic acids is 3. The van der Waals surface area contributed by atoms with Gasteiger partial charge in [0.2, 0.25) is 11.9 Å². The molecular formula is C28H30F3N7O5. The van der Waals surface area contributed by atoms with Gasteiger partial charge in [0, 0.05) is 24.2 Å². The number of amides is 3. The van der Waals surface area contributed by atoms with Crippen LogP contribution >= 0.6 is 0 Å². The number of hydrogen-bond acceptors (Lipinski definition) is 7. The molecule has 12 nitrogen and oxygen atoms in total. The standard InChI is InChI=1S/C28H30F3N7O5/c1-4-38-21(14-17(2)35-38)25(40)34-27-33-20-15-19(24(32)39)16-22(42-3)23(20)36(27)10-12-43-13-11-37(28(29,30)31)26(41)18-8-6-5-7-9-18/h5-9,14-16H,4,10-13H2,1-3H3,(H2,32,39)(H,33,34,40). The molecule has 15 heteroatoms. The topological polar surface area (TPSA) is 147 Å². The fourth-order valence-corrected chi connectivity index (χ4v) is 4.47. The van der Waals surface area contributed by atoms with E-state index in [1.54, 1.807) is 23.6 Å². The van der Waals surface area contributed by atoms with Crippen LogP contribution in [0.2, 0.25) is 0 Å². The number of benzene rings is 2. The second-order valence-corrected chi connectivity index (χ2v) is 9.34. The lowest BCUT2D eigenvalue weighted by Gasteiger charge is -2.25. The van der Waals surface area contributed by atoms with E-state index >= 15 is 0 Å². The lowest BCUT2D eigenvalue weighted by atomic mass is 10.1. The van der Waals surface area contributed by atoms with Crippen molar-refractivity contribution in [3.63, 3.8) is 0 Å². The highest BCUT2D eigenvalue weighted by Gasteiger charge is 2.41. The number of carbonyl (C=O) groups is 3. The van der Waals surface area contributed by atoms with E-state index in [1.165, 1.54) is 48.2 Å². The molecular weight excluding hydrogens is 571 g/mol. The number of hydrogen-bond donors (Lipinski definition) is 2. The molecule has 0 saturated heterocycles. The number of fused-ring (bicyclic) bond motifs is 1. The van der Waals surface area contributed by atoms with E-state index in [1.807, 2.05) is 6.92 Å². The number of rotatable bonds is 12. The minimum absolute atomic E-state index is 0.0170. The number of alkyl halides is 3. The first kappa shape index (κ1) is 31.0. The maximum Gasteiger partial charge on any atom is 0.487 e. The zero-order valence-corrected chi connectivity index (χ0v) is 23.6. The number of nitrogens with zero attached hydrogens (tertiary/aromatic N) is 5. The van der Waals surface area contributed by atoms with Crippen LogP contribution in [0, 0.1) is 6.92 Å². The number of primary amides is 1. The molecule has 0 aliphatic heterocycles. The van der Waals surface area contributed by atoms with Crippen molar-refractivity contribution < 1.29 is 37.0 Å². The lowest BCUT2D eigenvalue weighted by Crippen LogP contribution is -2.44. The van der Waals surface area contributed by atoms with E-state index < -0.39 is 37.2 Å². The van der Waals surface area contributed by atoms with Crippen LogP contribution in [0.15, 0.2) is 48.5 Å². The van der Waals surface area contributed by atoms with Gasteiger partial charge in [0.25, 0.3) is 11.8 Å². The van der Waals surface area contributed by atoms with E-state index in [4.69, 9.17) is 15.2 Å². The van der Waals surface area contributed by atoms with Gasteiger partial charge in [0.1, 0.15) is 17.0 Å². The van der Waals surface area contributed by atoms with Crippen LogP contribution in [-0.2, 0) is 17.8 Å². The zero-order chi connectivity index (χ0) is 31.3. The van der Waals surface area contributed by atoms with Crippen LogP contribution in [0.5, 0.6) is 5.75 Å². The van der Waals surface area contributed by atoms with Crippen molar-refractivity contribution in [1.29, 1.82) is 0 Å². The van der Waals surface area contributed by atoms with Gasteiger partial charge in [-0.25, -0.2) is 9.88 Å². The molecule has 2 heterocycles. The van der Waals surface area contributed by atoms with Gasteiger partial charge in [-0.1, -0.05) is 18.2 Å². The lowest BCUT2D eigenvalue weighted by molar-refractivity contribution is -0.227. The molecule has 0 atom stereocenters. The summed E-state index contributed by atoms with van der Waals surface area (Å²) in [4.78, 5) is 41.8. The highest BCUT2D eigenvalue weighted by Crippen LogP contribution is 2.31. The fourth-order valence-electron chi connectivity index (χ4n) is 4.47. The van der Waals surface area contributed by atoms with Crippen molar-refractivity contribution in [2.45, 2.75) is 33.2 Å². The van der Waals surface area contributed by atoms with Crippen molar-refractivity contribution in [3.8, 4) is 5.75 Å². The maximum atomic E-state index is 13.6. The van der Waals surface area contributed by atoms with Gasteiger partial charge in [-0.2, -0.15) is 5.10 Å². The van der Waals surface area contributed by atoms with E-state index in [2.05, 4.69) is 15.4 Å². The van der Waals surface area contributed by atoms with Gasteiger partial charge in [-0.05, 0) is 44.2 Å². The van der Waals surface area contributed by atoms with E-state index in [9.17, 15) is 27.6 Å². The third-order valence-electron chi connectivity index (χ3n) is 6.46. The largest absolute Gasteiger partial charge is 0.494 e. The molecule has 2 aromatic heterocycles. The first-order chi connectivity index (χ1) is 20.4. The SMILES string of the molecule is CCn1nc(C)cc1C(=O)Nc1nc2cc(C(N)=O)cc(OC)c2n1CCOCCN(C(=O)c1ccccc1)C(F)(F)F. The number of aryl methyl sites for hydroxylation is 2. The summed E-state index contributed by atoms with van der Waals surface area (Å²) in [5, 5.41) is 7.02. The first-order valence-electron chi connectivity index (χ1n) is 13.2. The monoisotopic (exact) mass is 601 g/mol. The molecule has 43 heavy (non-hydrogen) atoms. The molecule has 0 bridgehead atoms. The summed E-state index contributed by atoms with van der Waals surface area (Å²) in [6, 6.07) is 11.6. The van der Waals surface area contributed by atoms with Gasteiger partial charge in [-0.15, -0.1) is 13.2 Å². The van der Waals surface area contributed by atoms with Gasteiger partial charge in [0.15, 0.2) is 0 Å². The predicted octanol–water partition coefficient (Wildman–Crippen LogP) is 3.60. The predicted molar refractivity (Wildman–Crippen MR) is 150 cm³/mol. The van der Waals surface area contributed by atoms with Gasteiger partial charge >= 0.3 is 6.30 Å². The molecule has 3 amide bonds. The van der Waals surface area contributed by atoms with E-state index in [-0.39, 0.29) is 52.1 Å². The molecule has 0 fully saturated rings. The van der Waals surface area contributed by atoms with Crippen LogP contribution in [0.4, 0.5) is 19.1 Å². The van der Waals surface area contributed by atoms with Crippen molar-refractivity contribution in [1.82, 2.24) is 24.2 Å². The molecule has 0 saturated carbocycles. The summed E-state index contributed by atoms with van der Waals surface area (Å²) < 4.78 is 55.0. The van der Waals surface area contributed by atoms with Crippen molar-refractivity contribution in [2.24, 2.45) is 5.73 Å².